The molecule has 1 saturated carbocycles. The van der Waals surface area contributed by atoms with Gasteiger partial charge in [0.15, 0.2) is 0 Å². The number of hydrogen-bond donors (Lipinski definition) is 2. The zero-order valence-corrected chi connectivity index (χ0v) is 19.6. The smallest absolute Gasteiger partial charge is 0.309 e. The van der Waals surface area contributed by atoms with Gasteiger partial charge < -0.3 is 15.6 Å². The topological polar surface area (TPSA) is 103 Å². The highest BCUT2D eigenvalue weighted by molar-refractivity contribution is 5.85. The van der Waals surface area contributed by atoms with E-state index in [-0.39, 0.29) is 17.7 Å². The van der Waals surface area contributed by atoms with E-state index in [1.54, 1.807) is 30.5 Å². The lowest BCUT2D eigenvalue weighted by atomic mass is 9.75. The largest absolute Gasteiger partial charge is 0.481 e. The minimum Gasteiger partial charge on any atom is -0.481 e. The normalized spacial score (nSPS) is 19.9. The lowest BCUT2D eigenvalue weighted by Gasteiger charge is -2.28. The molecule has 1 fully saturated rings. The van der Waals surface area contributed by atoms with Crippen LogP contribution in [0, 0.1) is 17.2 Å². The van der Waals surface area contributed by atoms with Gasteiger partial charge in [0.25, 0.3) is 0 Å². The van der Waals surface area contributed by atoms with Crippen molar-refractivity contribution in [1.82, 2.24) is 14.4 Å². The first-order chi connectivity index (χ1) is 16.8. The molecule has 2 aromatic carbocycles. The Morgan fingerprint density at radius 3 is 2.66 bits per heavy atom. The summed E-state index contributed by atoms with van der Waals surface area (Å²) in [6.45, 7) is 3.95. The van der Waals surface area contributed by atoms with Gasteiger partial charge in [-0.25, -0.2) is 14.4 Å². The average molecular weight is 475 g/mol. The lowest BCUT2D eigenvalue weighted by molar-refractivity contribution is -0.151. The number of nitrogen functional groups attached to an aromatic ring is 1. The minimum absolute atomic E-state index is 0.00728. The molecule has 0 radical (unpaired) electrons. The number of benzene rings is 2. The van der Waals surface area contributed by atoms with Gasteiger partial charge >= 0.3 is 5.97 Å². The van der Waals surface area contributed by atoms with Crippen molar-refractivity contribution in [2.75, 3.05) is 5.73 Å². The van der Waals surface area contributed by atoms with Crippen molar-refractivity contribution in [1.29, 1.82) is 0 Å². The summed E-state index contributed by atoms with van der Waals surface area (Å²) in [5, 5.41) is 10.00. The van der Waals surface area contributed by atoms with Gasteiger partial charge in [0, 0.05) is 29.9 Å². The first-order valence-electron chi connectivity index (χ1n) is 11.7. The van der Waals surface area contributed by atoms with Gasteiger partial charge in [0.05, 0.1) is 5.41 Å². The number of hydrogen-bond acceptors (Lipinski definition) is 5. The zero-order valence-electron chi connectivity index (χ0n) is 19.6. The van der Waals surface area contributed by atoms with E-state index in [4.69, 9.17) is 15.5 Å². The molecule has 1 aliphatic carbocycles. The lowest BCUT2D eigenvalue weighted by Crippen LogP contribution is -2.33. The summed E-state index contributed by atoms with van der Waals surface area (Å²) in [6.07, 6.45) is 5.35. The number of aliphatic carboxylic acids is 1. The summed E-state index contributed by atoms with van der Waals surface area (Å²) in [6, 6.07) is 13.3. The maximum atomic E-state index is 13.5. The van der Waals surface area contributed by atoms with Gasteiger partial charge in [-0.15, -0.1) is 0 Å². The Morgan fingerprint density at radius 1 is 1.23 bits per heavy atom. The van der Waals surface area contributed by atoms with Crippen LogP contribution in [0.25, 0.3) is 16.8 Å². The van der Waals surface area contributed by atoms with E-state index in [0.717, 1.165) is 17.8 Å². The Balaban J connectivity index is 1.51. The number of imidazole rings is 1. The highest BCUT2D eigenvalue weighted by Gasteiger charge is 2.49. The van der Waals surface area contributed by atoms with Crippen molar-refractivity contribution < 1.29 is 19.0 Å². The molecule has 0 aliphatic heterocycles. The summed E-state index contributed by atoms with van der Waals surface area (Å²) in [4.78, 5) is 21.4. The van der Waals surface area contributed by atoms with Crippen LogP contribution in [0.2, 0.25) is 0 Å². The highest BCUT2D eigenvalue weighted by Crippen LogP contribution is 2.51. The van der Waals surface area contributed by atoms with Crippen molar-refractivity contribution in [2.45, 2.75) is 39.0 Å². The van der Waals surface area contributed by atoms with E-state index >= 15 is 0 Å². The van der Waals surface area contributed by atoms with Gasteiger partial charge in [0.2, 0.25) is 0 Å². The third-order valence-corrected chi connectivity index (χ3v) is 7.22. The maximum Gasteiger partial charge on any atom is 0.309 e. The maximum absolute atomic E-state index is 13.5. The van der Waals surface area contributed by atoms with Crippen molar-refractivity contribution in [2.24, 2.45) is 11.3 Å². The number of carboxylic acids is 1. The number of nitrogens with zero attached hydrogens (tertiary/aromatic N) is 3. The second kappa shape index (κ2) is 8.69. The predicted octanol–water partition coefficient (Wildman–Crippen LogP) is 5.90. The van der Waals surface area contributed by atoms with Crippen LogP contribution in [0.15, 0.2) is 60.9 Å². The summed E-state index contributed by atoms with van der Waals surface area (Å²) in [5.74, 6) is 1.03. The number of fused-ring (bicyclic) bond motifs is 1. The molecule has 0 spiro atoms. The summed E-state index contributed by atoms with van der Waals surface area (Å²) in [5.41, 5.74) is 7.72. The fourth-order valence-electron chi connectivity index (χ4n) is 5.19. The molecule has 4 aromatic rings. The number of anilines is 1. The summed E-state index contributed by atoms with van der Waals surface area (Å²) in [7, 11) is 0. The molecule has 2 heterocycles. The number of halogens is 1. The Kier molecular flexibility index (Phi) is 5.67. The molecule has 8 heteroatoms. The molecule has 0 amide bonds. The van der Waals surface area contributed by atoms with Gasteiger partial charge in [-0.2, -0.15) is 0 Å². The number of carbonyl (C=O) groups is 1. The van der Waals surface area contributed by atoms with Gasteiger partial charge in [-0.05, 0) is 61.6 Å². The molecule has 0 unspecified atom stereocenters. The SMILES string of the molecule is CC(C)[C@]1(C(=O)O)CC[C@@H](c2nc(-c3ccc(Oc4cccc(F)c4)cc3)c3c(N)nccn23)C1. The molecular formula is C27H27FN4O3. The third kappa shape index (κ3) is 3.99. The number of nitrogens with two attached hydrogens (primary N) is 1. The van der Waals surface area contributed by atoms with E-state index in [1.807, 2.05) is 36.6 Å². The van der Waals surface area contributed by atoms with Gasteiger partial charge in [0.1, 0.15) is 40.2 Å². The quantitative estimate of drug-likeness (QED) is 0.360. The van der Waals surface area contributed by atoms with Crippen LogP contribution in [0.5, 0.6) is 11.5 Å². The van der Waals surface area contributed by atoms with Crippen molar-refractivity contribution >= 4 is 17.3 Å². The standard InChI is InChI=1S/C27H27FN4O3/c1-16(2)27(26(33)34)11-10-18(15-27)25-31-22(23-24(29)30-12-13-32(23)25)17-6-8-20(9-7-17)35-21-5-3-4-19(28)14-21/h3-9,12-14,16,18H,10-11,15H2,1-2H3,(H2,29,30)(H,33,34)/t18-,27+/m1/s1. The Morgan fingerprint density at radius 2 is 2.00 bits per heavy atom. The molecule has 5 rings (SSSR count). The molecule has 1 aliphatic rings. The summed E-state index contributed by atoms with van der Waals surface area (Å²) >= 11 is 0. The molecule has 0 saturated heterocycles. The number of carboxylic acid groups (broad SMARTS) is 1. The molecule has 7 nitrogen and oxygen atoms in total. The second-order valence-electron chi connectivity index (χ2n) is 9.49. The Hall–Kier alpha value is -3.94. The molecule has 0 bridgehead atoms. The molecule has 2 aromatic heterocycles. The van der Waals surface area contributed by atoms with Crippen LogP contribution >= 0.6 is 0 Å². The number of aromatic nitrogens is 3. The van der Waals surface area contributed by atoms with Crippen LogP contribution in [0.4, 0.5) is 10.2 Å². The molecule has 180 valence electrons. The van der Waals surface area contributed by atoms with Crippen molar-refractivity contribution in [3.63, 3.8) is 0 Å². The van der Waals surface area contributed by atoms with E-state index in [0.29, 0.717) is 41.4 Å². The van der Waals surface area contributed by atoms with E-state index in [9.17, 15) is 14.3 Å². The molecule has 2 atom stereocenters. The van der Waals surface area contributed by atoms with Gasteiger partial charge in [-0.3, -0.25) is 9.20 Å². The van der Waals surface area contributed by atoms with Crippen LogP contribution in [0.3, 0.4) is 0 Å². The predicted molar refractivity (Wildman–Crippen MR) is 131 cm³/mol. The van der Waals surface area contributed by atoms with Crippen LogP contribution in [-0.2, 0) is 4.79 Å². The number of ether oxygens (including phenoxy) is 1. The molecule has 3 N–H and O–H groups in total. The molecule has 35 heavy (non-hydrogen) atoms. The fourth-order valence-corrected chi connectivity index (χ4v) is 5.19. The van der Waals surface area contributed by atoms with Crippen LogP contribution in [-0.4, -0.2) is 25.4 Å². The van der Waals surface area contributed by atoms with E-state index in [2.05, 4.69) is 4.98 Å². The first kappa shape index (κ1) is 22.8. The first-order valence-corrected chi connectivity index (χ1v) is 11.7. The summed E-state index contributed by atoms with van der Waals surface area (Å²) < 4.78 is 21.2. The fraction of sp³-hybridized carbons (Fsp3) is 0.296. The van der Waals surface area contributed by atoms with Gasteiger partial charge in [-0.1, -0.05) is 19.9 Å². The Labute approximate surface area is 202 Å². The van der Waals surface area contributed by atoms with Crippen molar-refractivity contribution in [3.8, 4) is 22.8 Å². The average Bonchev–Trinajstić information content (AvgIpc) is 3.44. The highest BCUT2D eigenvalue weighted by atomic mass is 19.1. The number of rotatable bonds is 6. The second-order valence-corrected chi connectivity index (χ2v) is 9.49. The third-order valence-electron chi connectivity index (χ3n) is 7.22. The Bertz CT molecular complexity index is 1400. The van der Waals surface area contributed by atoms with E-state index < -0.39 is 11.4 Å². The zero-order chi connectivity index (χ0) is 24.7. The monoisotopic (exact) mass is 474 g/mol. The molecular weight excluding hydrogens is 447 g/mol. The van der Waals surface area contributed by atoms with Crippen LogP contribution < -0.4 is 10.5 Å². The van der Waals surface area contributed by atoms with Crippen LogP contribution in [0.1, 0.15) is 44.9 Å². The van der Waals surface area contributed by atoms with E-state index in [1.165, 1.54) is 12.1 Å². The minimum atomic E-state index is -0.759. The van der Waals surface area contributed by atoms with Crippen molar-refractivity contribution in [3.05, 3.63) is 72.6 Å².